The van der Waals surface area contributed by atoms with Gasteiger partial charge in [0.1, 0.15) is 10.0 Å². The summed E-state index contributed by atoms with van der Waals surface area (Å²) in [6.45, 7) is 5.39. The summed E-state index contributed by atoms with van der Waals surface area (Å²) in [6, 6.07) is 0. The molecule has 2 N–H and O–H groups in total. The maximum atomic E-state index is 5.54. The first-order chi connectivity index (χ1) is 7.63. The molecule has 1 saturated carbocycles. The van der Waals surface area contributed by atoms with Crippen molar-refractivity contribution >= 4 is 11.3 Å². The zero-order chi connectivity index (χ0) is 11.6. The first-order valence-corrected chi connectivity index (χ1v) is 6.97. The van der Waals surface area contributed by atoms with Crippen molar-refractivity contribution in [2.45, 2.75) is 51.9 Å². The van der Waals surface area contributed by atoms with Crippen LogP contribution in [0.2, 0.25) is 0 Å². The van der Waals surface area contributed by atoms with Gasteiger partial charge in [-0.2, -0.15) is 0 Å². The number of hydrogen-bond donors (Lipinski definition) is 1. The molecular weight excluding hydrogens is 218 g/mol. The lowest BCUT2D eigenvalue weighted by Gasteiger charge is -2.37. The fraction of sp³-hybridized carbons (Fsp3) is 0.833. The second-order valence-corrected chi connectivity index (χ2v) is 6.45. The normalized spacial score (nSPS) is 24.6. The van der Waals surface area contributed by atoms with Gasteiger partial charge in [-0.05, 0) is 24.8 Å². The van der Waals surface area contributed by atoms with E-state index in [1.165, 1.54) is 30.7 Å². The second-order valence-electron chi connectivity index (χ2n) is 5.36. The monoisotopic (exact) mass is 239 g/mol. The maximum absolute atomic E-state index is 5.54. The molecule has 1 heterocycles. The molecule has 2 rings (SSSR count). The summed E-state index contributed by atoms with van der Waals surface area (Å²) < 4.78 is 0. The van der Waals surface area contributed by atoms with Crippen LogP contribution in [0, 0.1) is 5.41 Å². The molecule has 1 aliphatic carbocycles. The van der Waals surface area contributed by atoms with Crippen molar-refractivity contribution in [1.29, 1.82) is 0 Å². The Bertz CT molecular complexity index is 346. The van der Waals surface area contributed by atoms with E-state index in [1.807, 2.05) is 0 Å². The smallest absolute Gasteiger partial charge is 0.121 e. The molecule has 0 bridgehead atoms. The van der Waals surface area contributed by atoms with E-state index < -0.39 is 0 Å². The van der Waals surface area contributed by atoms with Gasteiger partial charge in [-0.1, -0.05) is 26.7 Å². The van der Waals surface area contributed by atoms with Crippen LogP contribution in [0.4, 0.5) is 0 Å². The standard InChI is InChI=1S/C12H21N3S/c1-12(2)7-4-3-5-9(12)11-15-14-10(16-11)6-8-13/h9H,3-8,13H2,1-2H3. The molecule has 0 saturated heterocycles. The summed E-state index contributed by atoms with van der Waals surface area (Å²) in [6.07, 6.45) is 6.14. The number of aromatic nitrogens is 2. The molecule has 1 aromatic heterocycles. The molecule has 3 nitrogen and oxygen atoms in total. The predicted octanol–water partition coefficient (Wildman–Crippen LogP) is 2.72. The van der Waals surface area contributed by atoms with Gasteiger partial charge in [0.15, 0.2) is 0 Å². The van der Waals surface area contributed by atoms with Crippen molar-refractivity contribution < 1.29 is 0 Å². The van der Waals surface area contributed by atoms with E-state index in [1.54, 1.807) is 11.3 Å². The summed E-state index contributed by atoms with van der Waals surface area (Å²) in [4.78, 5) is 0. The van der Waals surface area contributed by atoms with Crippen LogP contribution in [0.15, 0.2) is 0 Å². The minimum absolute atomic E-state index is 0.387. The van der Waals surface area contributed by atoms with Crippen LogP contribution in [0.25, 0.3) is 0 Å². The zero-order valence-electron chi connectivity index (χ0n) is 10.2. The Labute approximate surface area is 101 Å². The van der Waals surface area contributed by atoms with E-state index in [0.717, 1.165) is 11.4 Å². The molecule has 16 heavy (non-hydrogen) atoms. The third kappa shape index (κ3) is 2.43. The quantitative estimate of drug-likeness (QED) is 0.882. The van der Waals surface area contributed by atoms with Crippen LogP contribution in [0.3, 0.4) is 0 Å². The fourth-order valence-corrected chi connectivity index (χ4v) is 3.79. The number of nitrogens with two attached hydrogens (primary N) is 1. The van der Waals surface area contributed by atoms with E-state index in [-0.39, 0.29) is 0 Å². The summed E-state index contributed by atoms with van der Waals surface area (Å²) in [7, 11) is 0. The van der Waals surface area contributed by atoms with Crippen molar-refractivity contribution in [3.05, 3.63) is 10.0 Å². The Morgan fingerprint density at radius 3 is 2.88 bits per heavy atom. The Balaban J connectivity index is 2.15. The SMILES string of the molecule is CC1(C)CCCCC1c1nnc(CCN)s1. The summed E-state index contributed by atoms with van der Waals surface area (Å²) in [5, 5.41) is 10.9. The molecular formula is C12H21N3S. The van der Waals surface area contributed by atoms with E-state index in [2.05, 4.69) is 24.0 Å². The Hall–Kier alpha value is -0.480. The van der Waals surface area contributed by atoms with Gasteiger partial charge >= 0.3 is 0 Å². The molecule has 0 amide bonds. The van der Waals surface area contributed by atoms with Gasteiger partial charge in [0.25, 0.3) is 0 Å². The lowest BCUT2D eigenvalue weighted by atomic mass is 9.69. The molecule has 1 unspecified atom stereocenters. The molecule has 0 spiro atoms. The van der Waals surface area contributed by atoms with Gasteiger partial charge in [-0.15, -0.1) is 21.5 Å². The van der Waals surface area contributed by atoms with Crippen LogP contribution in [-0.2, 0) is 6.42 Å². The summed E-state index contributed by atoms with van der Waals surface area (Å²) in [5.41, 5.74) is 5.93. The molecule has 0 aliphatic heterocycles. The minimum atomic E-state index is 0.387. The first kappa shape index (κ1) is 12.0. The Morgan fingerprint density at radius 1 is 1.38 bits per heavy atom. The highest BCUT2D eigenvalue weighted by Crippen LogP contribution is 2.47. The van der Waals surface area contributed by atoms with Gasteiger partial charge in [0, 0.05) is 12.3 Å². The highest BCUT2D eigenvalue weighted by Gasteiger charge is 2.35. The van der Waals surface area contributed by atoms with Crippen molar-refractivity contribution in [1.82, 2.24) is 10.2 Å². The maximum Gasteiger partial charge on any atom is 0.121 e. The van der Waals surface area contributed by atoms with Crippen LogP contribution < -0.4 is 5.73 Å². The first-order valence-electron chi connectivity index (χ1n) is 6.16. The Morgan fingerprint density at radius 2 is 2.19 bits per heavy atom. The lowest BCUT2D eigenvalue weighted by Crippen LogP contribution is -2.25. The van der Waals surface area contributed by atoms with Gasteiger partial charge in [-0.25, -0.2) is 0 Å². The molecule has 1 aliphatic rings. The molecule has 0 radical (unpaired) electrons. The van der Waals surface area contributed by atoms with E-state index in [4.69, 9.17) is 5.73 Å². The topological polar surface area (TPSA) is 51.8 Å². The Kier molecular flexibility index (Phi) is 3.60. The van der Waals surface area contributed by atoms with E-state index in [0.29, 0.717) is 17.9 Å². The van der Waals surface area contributed by atoms with Gasteiger partial charge < -0.3 is 5.73 Å². The zero-order valence-corrected chi connectivity index (χ0v) is 11.0. The molecule has 4 heteroatoms. The van der Waals surface area contributed by atoms with Gasteiger partial charge in [0.05, 0.1) is 0 Å². The minimum Gasteiger partial charge on any atom is -0.330 e. The van der Waals surface area contributed by atoms with Gasteiger partial charge in [0.2, 0.25) is 0 Å². The molecule has 1 atom stereocenters. The summed E-state index contributed by atoms with van der Waals surface area (Å²) >= 11 is 1.76. The van der Waals surface area contributed by atoms with E-state index >= 15 is 0 Å². The van der Waals surface area contributed by atoms with Crippen molar-refractivity contribution in [2.75, 3.05) is 6.54 Å². The molecule has 1 aromatic rings. The summed E-state index contributed by atoms with van der Waals surface area (Å²) in [5.74, 6) is 0.602. The largest absolute Gasteiger partial charge is 0.330 e. The molecule has 90 valence electrons. The molecule has 1 fully saturated rings. The van der Waals surface area contributed by atoms with Crippen molar-refractivity contribution in [2.24, 2.45) is 11.1 Å². The van der Waals surface area contributed by atoms with Crippen LogP contribution in [0.1, 0.15) is 55.5 Å². The van der Waals surface area contributed by atoms with E-state index in [9.17, 15) is 0 Å². The number of hydrogen-bond acceptors (Lipinski definition) is 4. The molecule has 0 aromatic carbocycles. The second kappa shape index (κ2) is 4.80. The lowest BCUT2D eigenvalue weighted by molar-refractivity contribution is 0.198. The van der Waals surface area contributed by atoms with Crippen LogP contribution >= 0.6 is 11.3 Å². The number of rotatable bonds is 3. The van der Waals surface area contributed by atoms with Crippen LogP contribution in [0.5, 0.6) is 0 Å². The third-order valence-corrected chi connectivity index (χ3v) is 4.74. The number of nitrogens with zero attached hydrogens (tertiary/aromatic N) is 2. The van der Waals surface area contributed by atoms with Crippen LogP contribution in [-0.4, -0.2) is 16.7 Å². The average molecular weight is 239 g/mol. The fourth-order valence-electron chi connectivity index (χ4n) is 2.58. The predicted molar refractivity (Wildman–Crippen MR) is 67.7 cm³/mol. The highest BCUT2D eigenvalue weighted by molar-refractivity contribution is 7.11. The van der Waals surface area contributed by atoms with Crippen molar-refractivity contribution in [3.63, 3.8) is 0 Å². The van der Waals surface area contributed by atoms with Gasteiger partial charge in [-0.3, -0.25) is 0 Å². The highest BCUT2D eigenvalue weighted by atomic mass is 32.1. The van der Waals surface area contributed by atoms with Crippen molar-refractivity contribution in [3.8, 4) is 0 Å². The average Bonchev–Trinajstić information content (AvgIpc) is 2.66. The third-order valence-electron chi connectivity index (χ3n) is 3.65.